The Hall–Kier alpha value is -1.11. The minimum Gasteiger partial charge on any atom is -0.368 e. The molecule has 0 unspecified atom stereocenters. The van der Waals surface area contributed by atoms with Gasteiger partial charge in [-0.15, -0.1) is 0 Å². The molecule has 1 aromatic heterocycles. The molecule has 112 valence electrons. The van der Waals surface area contributed by atoms with E-state index in [0.29, 0.717) is 6.54 Å². The predicted molar refractivity (Wildman–Crippen MR) is 81.8 cm³/mol. The van der Waals surface area contributed by atoms with Gasteiger partial charge in [-0.2, -0.15) is 5.10 Å². The Labute approximate surface area is 124 Å². The molecule has 1 fully saturated rings. The average Bonchev–Trinajstić information content (AvgIpc) is 2.69. The molecule has 0 atom stereocenters. The molecule has 20 heavy (non-hydrogen) atoms. The number of likely N-dealkylation sites (N-methyl/N-ethyl adjacent to an activating group) is 1. The van der Waals surface area contributed by atoms with Crippen LogP contribution in [0.25, 0.3) is 0 Å². The van der Waals surface area contributed by atoms with Gasteiger partial charge in [-0.05, 0) is 27.1 Å². The SMILES string of the molecule is CN(C)CCn1ncc(N2CCCNCC2)c(Cl)c1=O. The van der Waals surface area contributed by atoms with E-state index in [1.54, 1.807) is 6.20 Å². The summed E-state index contributed by atoms with van der Waals surface area (Å²) >= 11 is 6.25. The smallest absolute Gasteiger partial charge is 0.287 e. The van der Waals surface area contributed by atoms with Gasteiger partial charge in [-0.25, -0.2) is 4.68 Å². The zero-order valence-electron chi connectivity index (χ0n) is 12.1. The molecule has 1 aromatic rings. The van der Waals surface area contributed by atoms with Gasteiger partial charge in [0.15, 0.2) is 0 Å². The zero-order chi connectivity index (χ0) is 14.5. The van der Waals surface area contributed by atoms with Crippen LogP contribution in [0.15, 0.2) is 11.0 Å². The fourth-order valence-electron chi connectivity index (χ4n) is 2.22. The van der Waals surface area contributed by atoms with Gasteiger partial charge in [-0.1, -0.05) is 11.6 Å². The van der Waals surface area contributed by atoms with Gasteiger partial charge < -0.3 is 15.1 Å². The second kappa shape index (κ2) is 7.06. The number of anilines is 1. The van der Waals surface area contributed by atoms with Crippen molar-refractivity contribution < 1.29 is 0 Å². The maximum absolute atomic E-state index is 12.2. The maximum Gasteiger partial charge on any atom is 0.287 e. The van der Waals surface area contributed by atoms with E-state index in [-0.39, 0.29) is 10.6 Å². The monoisotopic (exact) mass is 299 g/mol. The quantitative estimate of drug-likeness (QED) is 0.864. The Morgan fingerprint density at radius 1 is 1.40 bits per heavy atom. The lowest BCUT2D eigenvalue weighted by atomic mass is 10.3. The first-order valence-corrected chi connectivity index (χ1v) is 7.33. The molecule has 7 heteroatoms. The Bertz CT molecular complexity index is 494. The Kier molecular flexibility index (Phi) is 5.39. The summed E-state index contributed by atoms with van der Waals surface area (Å²) in [5, 5.41) is 7.86. The van der Waals surface area contributed by atoms with Crippen LogP contribution < -0.4 is 15.8 Å². The summed E-state index contributed by atoms with van der Waals surface area (Å²) < 4.78 is 1.43. The molecule has 0 spiro atoms. The number of nitrogens with zero attached hydrogens (tertiary/aromatic N) is 4. The van der Waals surface area contributed by atoms with Crippen LogP contribution in [0.2, 0.25) is 5.02 Å². The number of nitrogens with one attached hydrogen (secondary N) is 1. The Balaban J connectivity index is 2.19. The van der Waals surface area contributed by atoms with Gasteiger partial charge in [0, 0.05) is 26.2 Å². The standard InChI is InChI=1S/C13H22ClN5O/c1-17(2)8-9-19-13(20)12(14)11(10-16-19)18-6-3-4-15-5-7-18/h10,15H,3-9H2,1-2H3. The molecule has 0 bridgehead atoms. The van der Waals surface area contributed by atoms with Crippen LogP contribution in [0.3, 0.4) is 0 Å². The first kappa shape index (κ1) is 15.3. The maximum atomic E-state index is 12.2. The summed E-state index contributed by atoms with van der Waals surface area (Å²) in [6, 6.07) is 0. The summed E-state index contributed by atoms with van der Waals surface area (Å²) in [6.45, 7) is 4.96. The number of rotatable bonds is 4. The third kappa shape index (κ3) is 3.71. The zero-order valence-corrected chi connectivity index (χ0v) is 12.9. The highest BCUT2D eigenvalue weighted by Crippen LogP contribution is 2.21. The van der Waals surface area contributed by atoms with E-state index in [0.717, 1.165) is 44.8 Å². The van der Waals surface area contributed by atoms with E-state index in [1.807, 2.05) is 19.0 Å². The highest BCUT2D eigenvalue weighted by atomic mass is 35.5. The predicted octanol–water partition coefficient (Wildman–Crippen LogP) is 0.258. The molecule has 0 saturated carbocycles. The molecule has 1 N–H and O–H groups in total. The van der Waals surface area contributed by atoms with Crippen LogP contribution in [-0.2, 0) is 6.54 Å². The van der Waals surface area contributed by atoms with Crippen molar-refractivity contribution in [1.29, 1.82) is 0 Å². The molecular weight excluding hydrogens is 278 g/mol. The van der Waals surface area contributed by atoms with E-state index >= 15 is 0 Å². The average molecular weight is 300 g/mol. The number of hydrogen-bond donors (Lipinski definition) is 1. The second-order valence-electron chi connectivity index (χ2n) is 5.27. The molecule has 2 rings (SSSR count). The van der Waals surface area contributed by atoms with Crippen molar-refractivity contribution in [2.45, 2.75) is 13.0 Å². The van der Waals surface area contributed by atoms with Crippen molar-refractivity contribution in [2.24, 2.45) is 0 Å². The van der Waals surface area contributed by atoms with Crippen LogP contribution >= 0.6 is 11.6 Å². The topological polar surface area (TPSA) is 53.4 Å². The molecule has 0 aliphatic carbocycles. The molecule has 1 aliphatic rings. The largest absolute Gasteiger partial charge is 0.368 e. The molecule has 2 heterocycles. The molecule has 0 amide bonds. The fourth-order valence-corrected chi connectivity index (χ4v) is 2.48. The van der Waals surface area contributed by atoms with Crippen molar-refractivity contribution in [2.75, 3.05) is 51.7 Å². The summed E-state index contributed by atoms with van der Waals surface area (Å²) in [6.07, 6.45) is 2.75. The van der Waals surface area contributed by atoms with Crippen molar-refractivity contribution in [3.05, 3.63) is 21.6 Å². The van der Waals surface area contributed by atoms with Crippen LogP contribution in [0.4, 0.5) is 5.69 Å². The minimum absolute atomic E-state index is 0.205. The summed E-state index contributed by atoms with van der Waals surface area (Å²) in [5.41, 5.74) is 0.546. The van der Waals surface area contributed by atoms with E-state index in [2.05, 4.69) is 15.3 Å². The molecule has 0 aromatic carbocycles. The second-order valence-corrected chi connectivity index (χ2v) is 5.64. The van der Waals surface area contributed by atoms with Crippen LogP contribution in [-0.4, -0.2) is 61.5 Å². The first-order valence-electron chi connectivity index (χ1n) is 6.95. The molecule has 1 saturated heterocycles. The van der Waals surface area contributed by atoms with Crippen molar-refractivity contribution in [3.8, 4) is 0 Å². The van der Waals surface area contributed by atoms with E-state index in [9.17, 15) is 4.79 Å². The van der Waals surface area contributed by atoms with E-state index < -0.39 is 0 Å². The highest BCUT2D eigenvalue weighted by Gasteiger charge is 2.16. The van der Waals surface area contributed by atoms with Gasteiger partial charge in [0.1, 0.15) is 5.02 Å². The summed E-state index contributed by atoms with van der Waals surface area (Å²) in [5.74, 6) is 0. The number of aromatic nitrogens is 2. The van der Waals surface area contributed by atoms with E-state index in [4.69, 9.17) is 11.6 Å². The van der Waals surface area contributed by atoms with Gasteiger partial charge in [0.2, 0.25) is 0 Å². The molecule has 0 radical (unpaired) electrons. The van der Waals surface area contributed by atoms with E-state index in [1.165, 1.54) is 4.68 Å². The van der Waals surface area contributed by atoms with Crippen molar-refractivity contribution >= 4 is 17.3 Å². The van der Waals surface area contributed by atoms with Crippen LogP contribution in [0.1, 0.15) is 6.42 Å². The number of halogens is 1. The highest BCUT2D eigenvalue weighted by molar-refractivity contribution is 6.33. The summed E-state index contributed by atoms with van der Waals surface area (Å²) in [4.78, 5) is 16.4. The van der Waals surface area contributed by atoms with Gasteiger partial charge in [0.05, 0.1) is 18.4 Å². The third-order valence-electron chi connectivity index (χ3n) is 3.41. The van der Waals surface area contributed by atoms with Crippen molar-refractivity contribution in [3.63, 3.8) is 0 Å². The Morgan fingerprint density at radius 2 is 2.20 bits per heavy atom. The summed E-state index contributed by atoms with van der Waals surface area (Å²) in [7, 11) is 3.93. The van der Waals surface area contributed by atoms with Crippen LogP contribution in [0, 0.1) is 0 Å². The van der Waals surface area contributed by atoms with Crippen molar-refractivity contribution in [1.82, 2.24) is 20.0 Å². The van der Waals surface area contributed by atoms with Gasteiger partial charge in [0.25, 0.3) is 5.56 Å². The lowest BCUT2D eigenvalue weighted by Crippen LogP contribution is -2.33. The first-order chi connectivity index (χ1) is 9.59. The number of hydrogen-bond acceptors (Lipinski definition) is 5. The molecular formula is C13H22ClN5O. The normalized spacial score (nSPS) is 16.5. The Morgan fingerprint density at radius 3 is 2.95 bits per heavy atom. The fraction of sp³-hybridized carbons (Fsp3) is 0.692. The minimum atomic E-state index is -0.205. The van der Waals surface area contributed by atoms with Gasteiger partial charge >= 0.3 is 0 Å². The third-order valence-corrected chi connectivity index (χ3v) is 3.76. The van der Waals surface area contributed by atoms with Crippen LogP contribution in [0.5, 0.6) is 0 Å². The lowest BCUT2D eigenvalue weighted by Gasteiger charge is -2.23. The van der Waals surface area contributed by atoms with Gasteiger partial charge in [-0.3, -0.25) is 4.79 Å². The lowest BCUT2D eigenvalue weighted by molar-refractivity contribution is 0.367. The molecule has 6 nitrogen and oxygen atoms in total. The molecule has 1 aliphatic heterocycles.